The van der Waals surface area contributed by atoms with Gasteiger partial charge in [0, 0.05) is 15.7 Å². The molecule has 0 spiro atoms. The van der Waals surface area contributed by atoms with Crippen LogP contribution in [0.15, 0.2) is 60.7 Å². The fourth-order valence-electron chi connectivity index (χ4n) is 3.79. The van der Waals surface area contributed by atoms with E-state index in [9.17, 15) is 4.79 Å². The molecule has 2 atom stereocenters. The van der Waals surface area contributed by atoms with Crippen LogP contribution in [0, 0.1) is 6.92 Å². The Balaban J connectivity index is 1.53. The molecule has 2 aliphatic heterocycles. The lowest BCUT2D eigenvalue weighted by Crippen LogP contribution is -2.61. The number of hydrogen-bond donors (Lipinski definition) is 0. The fraction of sp³-hybridized carbons (Fsp3) is 0.174. The number of rotatable bonds is 4. The molecule has 3 aromatic carbocycles. The lowest BCUT2D eigenvalue weighted by Gasteiger charge is -2.46. The number of carbonyl (C=O) groups excluding carboxylic acids is 1. The van der Waals surface area contributed by atoms with Crippen LogP contribution in [0.3, 0.4) is 0 Å². The number of anilines is 1. The Morgan fingerprint density at radius 2 is 1.77 bits per heavy atom. The number of ether oxygens (including phenoxy) is 3. The minimum absolute atomic E-state index is 0.144. The van der Waals surface area contributed by atoms with E-state index in [2.05, 4.69) is 0 Å². The van der Waals surface area contributed by atoms with Gasteiger partial charge in [0.15, 0.2) is 11.5 Å². The highest BCUT2D eigenvalue weighted by atomic mass is 35.5. The van der Waals surface area contributed by atoms with Crippen molar-refractivity contribution >= 4 is 34.8 Å². The van der Waals surface area contributed by atoms with Crippen LogP contribution in [0.1, 0.15) is 17.2 Å². The number of benzene rings is 3. The van der Waals surface area contributed by atoms with Gasteiger partial charge in [0.1, 0.15) is 11.8 Å². The van der Waals surface area contributed by atoms with Gasteiger partial charge in [-0.1, -0.05) is 35.3 Å². The third-order valence-electron chi connectivity index (χ3n) is 5.26. The maximum absolute atomic E-state index is 13.1. The largest absolute Gasteiger partial charge is 0.478 e. The van der Waals surface area contributed by atoms with Crippen molar-refractivity contribution in [3.63, 3.8) is 0 Å². The zero-order valence-corrected chi connectivity index (χ0v) is 17.5. The molecule has 3 aromatic rings. The van der Waals surface area contributed by atoms with E-state index in [0.29, 0.717) is 33.0 Å². The predicted molar refractivity (Wildman–Crippen MR) is 115 cm³/mol. The summed E-state index contributed by atoms with van der Waals surface area (Å²) >= 11 is 12.2. The van der Waals surface area contributed by atoms with Gasteiger partial charge in [0.05, 0.1) is 0 Å². The standard InChI is InChI=1S/C23H17Cl2NO4/c1-13-9-16(25)6-8-18(13)30-22-21(14-5-7-19-20(10-14)29-12-28-19)26(23(22)27)17-4-2-3-15(24)11-17/h2-11,21-22H,12H2,1H3/t21-,22+/m0/s1. The van der Waals surface area contributed by atoms with E-state index in [1.165, 1.54) is 0 Å². The average Bonchev–Trinajstić information content (AvgIpc) is 3.19. The van der Waals surface area contributed by atoms with Gasteiger partial charge in [0.25, 0.3) is 5.91 Å². The van der Waals surface area contributed by atoms with E-state index in [4.69, 9.17) is 37.4 Å². The minimum atomic E-state index is -0.691. The topological polar surface area (TPSA) is 48.0 Å². The molecule has 0 aliphatic carbocycles. The van der Waals surface area contributed by atoms with Crippen molar-refractivity contribution < 1.29 is 19.0 Å². The Morgan fingerprint density at radius 1 is 0.967 bits per heavy atom. The van der Waals surface area contributed by atoms with E-state index in [1.807, 2.05) is 43.3 Å². The molecule has 2 aliphatic rings. The second-order valence-electron chi connectivity index (χ2n) is 7.19. The van der Waals surface area contributed by atoms with E-state index in [0.717, 1.165) is 11.1 Å². The second kappa shape index (κ2) is 7.42. The number of hydrogen-bond acceptors (Lipinski definition) is 4. The summed E-state index contributed by atoms with van der Waals surface area (Å²) in [4.78, 5) is 14.8. The summed E-state index contributed by atoms with van der Waals surface area (Å²) in [5.74, 6) is 1.81. The molecular weight excluding hydrogens is 425 g/mol. The number of carbonyl (C=O) groups is 1. The molecule has 1 fully saturated rings. The van der Waals surface area contributed by atoms with Crippen LogP contribution in [0.5, 0.6) is 17.2 Å². The SMILES string of the molecule is Cc1cc(Cl)ccc1O[C@H]1C(=O)N(c2cccc(Cl)c2)[C@H]1c1ccc2c(c1)OCO2. The summed E-state index contributed by atoms with van der Waals surface area (Å²) in [6.45, 7) is 2.08. The molecule has 1 amide bonds. The van der Waals surface area contributed by atoms with Crippen molar-refractivity contribution in [3.05, 3.63) is 81.8 Å². The Kier molecular flexibility index (Phi) is 4.72. The molecule has 5 nitrogen and oxygen atoms in total. The van der Waals surface area contributed by atoms with Crippen LogP contribution in [0.25, 0.3) is 0 Å². The monoisotopic (exact) mass is 441 g/mol. The van der Waals surface area contributed by atoms with Gasteiger partial charge in [-0.15, -0.1) is 0 Å². The number of amides is 1. The molecule has 2 heterocycles. The molecule has 0 bridgehead atoms. The number of aryl methyl sites for hydroxylation is 1. The van der Waals surface area contributed by atoms with Gasteiger partial charge in [-0.25, -0.2) is 0 Å². The Hall–Kier alpha value is -2.89. The van der Waals surface area contributed by atoms with E-state index < -0.39 is 6.10 Å². The minimum Gasteiger partial charge on any atom is -0.478 e. The van der Waals surface area contributed by atoms with Gasteiger partial charge in [-0.2, -0.15) is 0 Å². The average molecular weight is 442 g/mol. The van der Waals surface area contributed by atoms with Crippen molar-refractivity contribution in [2.75, 3.05) is 11.7 Å². The quantitative estimate of drug-likeness (QED) is 0.496. The normalized spacial score (nSPS) is 19.6. The maximum atomic E-state index is 13.1. The molecule has 5 rings (SSSR count). The van der Waals surface area contributed by atoms with Gasteiger partial charge in [-0.3, -0.25) is 9.69 Å². The van der Waals surface area contributed by atoms with Crippen LogP contribution in [0.2, 0.25) is 10.0 Å². The van der Waals surface area contributed by atoms with Crippen molar-refractivity contribution in [1.82, 2.24) is 0 Å². The molecule has 0 aromatic heterocycles. The third kappa shape index (κ3) is 3.24. The van der Waals surface area contributed by atoms with Gasteiger partial charge >= 0.3 is 0 Å². The maximum Gasteiger partial charge on any atom is 0.271 e. The van der Waals surface area contributed by atoms with Crippen molar-refractivity contribution in [2.45, 2.75) is 19.1 Å². The first-order valence-corrected chi connectivity index (χ1v) is 10.2. The lowest BCUT2D eigenvalue weighted by molar-refractivity contribution is -0.135. The van der Waals surface area contributed by atoms with Crippen LogP contribution in [-0.2, 0) is 4.79 Å². The number of fused-ring (bicyclic) bond motifs is 1. The van der Waals surface area contributed by atoms with Gasteiger partial charge in [0.2, 0.25) is 12.9 Å². The highest BCUT2D eigenvalue weighted by Crippen LogP contribution is 2.45. The summed E-state index contributed by atoms with van der Waals surface area (Å²) in [7, 11) is 0. The highest BCUT2D eigenvalue weighted by Gasteiger charge is 2.51. The van der Waals surface area contributed by atoms with E-state index >= 15 is 0 Å². The number of β-lactam (4-membered cyclic amide) rings is 1. The summed E-state index contributed by atoms with van der Waals surface area (Å²) in [6.07, 6.45) is -0.691. The van der Waals surface area contributed by atoms with Crippen molar-refractivity contribution in [2.24, 2.45) is 0 Å². The zero-order chi connectivity index (χ0) is 20.8. The zero-order valence-electron chi connectivity index (χ0n) is 16.0. The third-order valence-corrected chi connectivity index (χ3v) is 5.73. The molecular formula is C23H17Cl2NO4. The molecule has 0 saturated carbocycles. The molecule has 0 N–H and O–H groups in total. The molecule has 0 radical (unpaired) electrons. The van der Waals surface area contributed by atoms with Crippen LogP contribution in [0.4, 0.5) is 5.69 Å². The second-order valence-corrected chi connectivity index (χ2v) is 8.07. The van der Waals surface area contributed by atoms with Crippen molar-refractivity contribution in [3.8, 4) is 17.2 Å². The molecule has 30 heavy (non-hydrogen) atoms. The van der Waals surface area contributed by atoms with E-state index in [-0.39, 0.29) is 18.7 Å². The predicted octanol–water partition coefficient (Wildman–Crippen LogP) is 5.57. The lowest BCUT2D eigenvalue weighted by atomic mass is 9.89. The molecule has 1 saturated heterocycles. The summed E-state index contributed by atoms with van der Waals surface area (Å²) in [5, 5.41) is 1.18. The first-order valence-electron chi connectivity index (χ1n) is 9.42. The Labute approximate surface area is 183 Å². The van der Waals surface area contributed by atoms with Crippen molar-refractivity contribution in [1.29, 1.82) is 0 Å². The highest BCUT2D eigenvalue weighted by molar-refractivity contribution is 6.31. The molecule has 152 valence electrons. The van der Waals surface area contributed by atoms with Gasteiger partial charge < -0.3 is 14.2 Å². The fourth-order valence-corrected chi connectivity index (χ4v) is 4.21. The van der Waals surface area contributed by atoms with Gasteiger partial charge in [-0.05, 0) is 66.6 Å². The number of nitrogens with zero attached hydrogens (tertiary/aromatic N) is 1. The van der Waals surface area contributed by atoms with Crippen LogP contribution >= 0.6 is 23.2 Å². The first kappa shape index (κ1) is 19.1. The summed E-state index contributed by atoms with van der Waals surface area (Å²) in [5.41, 5.74) is 2.46. The summed E-state index contributed by atoms with van der Waals surface area (Å²) < 4.78 is 17.1. The molecule has 7 heteroatoms. The van der Waals surface area contributed by atoms with Crippen LogP contribution in [-0.4, -0.2) is 18.8 Å². The summed E-state index contributed by atoms with van der Waals surface area (Å²) in [6, 6.07) is 17.9. The van der Waals surface area contributed by atoms with Crippen LogP contribution < -0.4 is 19.1 Å². The smallest absolute Gasteiger partial charge is 0.271 e. The Bertz CT molecular complexity index is 1150. The number of halogens is 2. The van der Waals surface area contributed by atoms with E-state index in [1.54, 1.807) is 29.2 Å². The molecule has 0 unspecified atom stereocenters. The first-order chi connectivity index (χ1) is 14.5. The Morgan fingerprint density at radius 3 is 2.57 bits per heavy atom.